The van der Waals surface area contributed by atoms with Crippen molar-refractivity contribution in [2.45, 2.75) is 40.7 Å². The summed E-state index contributed by atoms with van der Waals surface area (Å²) < 4.78 is 2.00. The number of nitrogens with zero attached hydrogens (tertiary/aromatic N) is 2. The van der Waals surface area contributed by atoms with E-state index in [0.717, 1.165) is 34.7 Å². The van der Waals surface area contributed by atoms with Gasteiger partial charge in [0.25, 0.3) is 0 Å². The molecule has 0 bridgehead atoms. The third-order valence-corrected chi connectivity index (χ3v) is 4.47. The second-order valence-corrected chi connectivity index (χ2v) is 5.58. The van der Waals surface area contributed by atoms with Crippen molar-refractivity contribution in [3.8, 4) is 0 Å². The number of halogens is 2. The highest BCUT2D eigenvalue weighted by atomic mass is 79.9. The Bertz CT molecular complexity index is 345. The first-order valence-corrected chi connectivity index (χ1v) is 6.69. The molecule has 0 N–H and O–H groups in total. The second-order valence-electron chi connectivity index (χ2n) is 4.64. The summed E-state index contributed by atoms with van der Waals surface area (Å²) in [4.78, 5) is 0. The fourth-order valence-corrected chi connectivity index (χ4v) is 1.94. The minimum absolute atomic E-state index is 0.211. The molecule has 4 heteroatoms. The Hall–Kier alpha value is -0.0200. The predicted octanol–water partition coefficient (Wildman–Crippen LogP) is 3.83. The van der Waals surface area contributed by atoms with Gasteiger partial charge in [0.15, 0.2) is 0 Å². The van der Waals surface area contributed by atoms with Crippen LogP contribution < -0.4 is 0 Å². The smallest absolute Gasteiger partial charge is 0.0847 e. The standard InChI is InChI=1S/C11H18BrClN2/c1-5-15-9(6-11(3,4)7-12)10(13)8(2)14-15/h5-7H2,1-4H3. The van der Waals surface area contributed by atoms with Crippen LogP contribution in [0.4, 0.5) is 0 Å². The molecule has 2 nitrogen and oxygen atoms in total. The van der Waals surface area contributed by atoms with Crippen LogP contribution >= 0.6 is 27.5 Å². The summed E-state index contributed by atoms with van der Waals surface area (Å²) in [5.74, 6) is 0. The van der Waals surface area contributed by atoms with Crippen molar-refractivity contribution in [2.24, 2.45) is 5.41 Å². The molecular formula is C11H18BrClN2. The normalized spacial score (nSPS) is 12.1. The minimum atomic E-state index is 0.211. The SMILES string of the molecule is CCn1nc(C)c(Cl)c1CC(C)(C)CBr. The first kappa shape index (κ1) is 13.0. The van der Waals surface area contributed by atoms with Gasteiger partial charge >= 0.3 is 0 Å². The van der Waals surface area contributed by atoms with E-state index < -0.39 is 0 Å². The van der Waals surface area contributed by atoms with Crippen LogP contribution in [0.3, 0.4) is 0 Å². The van der Waals surface area contributed by atoms with Gasteiger partial charge in [-0.1, -0.05) is 41.4 Å². The van der Waals surface area contributed by atoms with Crippen molar-refractivity contribution in [3.63, 3.8) is 0 Å². The lowest BCUT2D eigenvalue weighted by Gasteiger charge is -2.22. The van der Waals surface area contributed by atoms with Gasteiger partial charge in [-0.25, -0.2) is 0 Å². The first-order chi connectivity index (χ1) is 6.91. The third-order valence-electron chi connectivity index (χ3n) is 2.46. The summed E-state index contributed by atoms with van der Waals surface area (Å²) in [6, 6.07) is 0. The molecule has 86 valence electrons. The van der Waals surface area contributed by atoms with Crippen molar-refractivity contribution in [2.75, 3.05) is 5.33 Å². The van der Waals surface area contributed by atoms with Gasteiger partial charge in [-0.3, -0.25) is 4.68 Å². The van der Waals surface area contributed by atoms with Crippen LogP contribution in [0.25, 0.3) is 0 Å². The molecule has 0 aliphatic rings. The zero-order valence-electron chi connectivity index (χ0n) is 9.77. The highest BCUT2D eigenvalue weighted by molar-refractivity contribution is 9.09. The number of aromatic nitrogens is 2. The third kappa shape index (κ3) is 2.97. The van der Waals surface area contributed by atoms with Crippen LogP contribution in [0.2, 0.25) is 5.02 Å². The minimum Gasteiger partial charge on any atom is -0.268 e. The fourth-order valence-electron chi connectivity index (χ4n) is 1.54. The van der Waals surface area contributed by atoms with Crippen LogP contribution in [-0.4, -0.2) is 15.1 Å². The summed E-state index contributed by atoms with van der Waals surface area (Å²) in [6.45, 7) is 9.37. The maximum absolute atomic E-state index is 6.26. The van der Waals surface area contributed by atoms with E-state index in [9.17, 15) is 0 Å². The number of hydrogen-bond acceptors (Lipinski definition) is 1. The molecule has 0 aliphatic carbocycles. The van der Waals surface area contributed by atoms with Crippen molar-refractivity contribution in [1.82, 2.24) is 9.78 Å². The summed E-state index contributed by atoms with van der Waals surface area (Å²) in [6.07, 6.45) is 0.950. The molecule has 1 rings (SSSR count). The average molecular weight is 294 g/mol. The molecule has 0 saturated heterocycles. The number of aryl methyl sites for hydroxylation is 2. The van der Waals surface area contributed by atoms with Gasteiger partial charge < -0.3 is 0 Å². The molecule has 1 aromatic rings. The largest absolute Gasteiger partial charge is 0.268 e. The van der Waals surface area contributed by atoms with Crippen LogP contribution in [0, 0.1) is 12.3 Å². The molecule has 1 heterocycles. The predicted molar refractivity (Wildman–Crippen MR) is 68.9 cm³/mol. The topological polar surface area (TPSA) is 17.8 Å². The molecule has 0 fully saturated rings. The molecular weight excluding hydrogens is 275 g/mol. The van der Waals surface area contributed by atoms with E-state index in [4.69, 9.17) is 11.6 Å². The van der Waals surface area contributed by atoms with E-state index in [1.807, 2.05) is 11.6 Å². The van der Waals surface area contributed by atoms with Crippen LogP contribution in [-0.2, 0) is 13.0 Å². The van der Waals surface area contributed by atoms with Crippen molar-refractivity contribution in [3.05, 3.63) is 16.4 Å². The Morgan fingerprint density at radius 3 is 2.53 bits per heavy atom. The molecule has 0 aromatic carbocycles. The lowest BCUT2D eigenvalue weighted by atomic mass is 9.90. The van der Waals surface area contributed by atoms with E-state index in [-0.39, 0.29) is 5.41 Å². The van der Waals surface area contributed by atoms with E-state index in [0.29, 0.717) is 0 Å². The lowest BCUT2D eigenvalue weighted by Crippen LogP contribution is -2.19. The van der Waals surface area contributed by atoms with E-state index in [2.05, 4.69) is 41.8 Å². The van der Waals surface area contributed by atoms with E-state index >= 15 is 0 Å². The Morgan fingerprint density at radius 1 is 1.47 bits per heavy atom. The Kier molecular flexibility index (Phi) is 4.24. The Labute approximate surface area is 105 Å². The van der Waals surface area contributed by atoms with Gasteiger partial charge in [-0.2, -0.15) is 5.10 Å². The molecule has 0 aliphatic heterocycles. The molecule has 15 heavy (non-hydrogen) atoms. The van der Waals surface area contributed by atoms with Gasteiger partial charge in [0.2, 0.25) is 0 Å². The van der Waals surface area contributed by atoms with Crippen molar-refractivity contribution >= 4 is 27.5 Å². The number of hydrogen-bond donors (Lipinski definition) is 0. The summed E-state index contributed by atoms with van der Waals surface area (Å²) in [5.41, 5.74) is 2.29. The van der Waals surface area contributed by atoms with Crippen molar-refractivity contribution < 1.29 is 0 Å². The molecule has 0 radical (unpaired) electrons. The summed E-state index contributed by atoms with van der Waals surface area (Å²) >= 11 is 9.79. The fraction of sp³-hybridized carbons (Fsp3) is 0.727. The summed E-state index contributed by atoms with van der Waals surface area (Å²) in [7, 11) is 0. The molecule has 0 spiro atoms. The lowest BCUT2D eigenvalue weighted by molar-refractivity contribution is 0.406. The monoisotopic (exact) mass is 292 g/mol. The maximum atomic E-state index is 6.26. The molecule has 0 unspecified atom stereocenters. The number of rotatable bonds is 4. The second kappa shape index (κ2) is 4.88. The molecule has 0 saturated carbocycles. The van der Waals surface area contributed by atoms with Crippen LogP contribution in [0.15, 0.2) is 0 Å². The van der Waals surface area contributed by atoms with Gasteiger partial charge in [0, 0.05) is 11.9 Å². The maximum Gasteiger partial charge on any atom is 0.0847 e. The Morgan fingerprint density at radius 2 is 2.07 bits per heavy atom. The molecule has 0 atom stereocenters. The highest BCUT2D eigenvalue weighted by Crippen LogP contribution is 2.29. The van der Waals surface area contributed by atoms with Crippen LogP contribution in [0.1, 0.15) is 32.2 Å². The molecule has 0 amide bonds. The van der Waals surface area contributed by atoms with E-state index in [1.54, 1.807) is 0 Å². The molecule has 1 aromatic heterocycles. The first-order valence-electron chi connectivity index (χ1n) is 5.19. The quantitative estimate of drug-likeness (QED) is 0.772. The van der Waals surface area contributed by atoms with Gasteiger partial charge in [0.1, 0.15) is 0 Å². The van der Waals surface area contributed by atoms with Gasteiger partial charge in [-0.05, 0) is 25.7 Å². The number of alkyl halides is 1. The van der Waals surface area contributed by atoms with E-state index in [1.165, 1.54) is 0 Å². The van der Waals surface area contributed by atoms with Gasteiger partial charge in [0.05, 0.1) is 16.4 Å². The average Bonchev–Trinajstić information content (AvgIpc) is 2.45. The Balaban J connectivity index is 3.03. The zero-order chi connectivity index (χ0) is 11.6. The van der Waals surface area contributed by atoms with Crippen LogP contribution in [0.5, 0.6) is 0 Å². The van der Waals surface area contributed by atoms with Crippen molar-refractivity contribution in [1.29, 1.82) is 0 Å². The van der Waals surface area contributed by atoms with Gasteiger partial charge in [-0.15, -0.1) is 0 Å². The summed E-state index contributed by atoms with van der Waals surface area (Å²) in [5, 5.41) is 6.20. The highest BCUT2D eigenvalue weighted by Gasteiger charge is 2.22. The zero-order valence-corrected chi connectivity index (χ0v) is 12.1.